The van der Waals surface area contributed by atoms with Gasteiger partial charge in [0, 0.05) is 37.9 Å². The van der Waals surface area contributed by atoms with E-state index in [9.17, 15) is 9.59 Å². The van der Waals surface area contributed by atoms with E-state index in [4.69, 9.17) is 4.74 Å². The van der Waals surface area contributed by atoms with Crippen molar-refractivity contribution in [3.8, 4) is 5.75 Å². The Bertz CT molecular complexity index is 1140. The van der Waals surface area contributed by atoms with Crippen LogP contribution in [0.2, 0.25) is 0 Å². The summed E-state index contributed by atoms with van der Waals surface area (Å²) in [6, 6.07) is 11.5. The molecular formula is C25H28N4O3. The van der Waals surface area contributed by atoms with Crippen LogP contribution in [0.1, 0.15) is 57.9 Å². The lowest BCUT2D eigenvalue weighted by Crippen LogP contribution is -2.37. The van der Waals surface area contributed by atoms with E-state index >= 15 is 0 Å². The SMILES string of the molecule is COc1cccc(C(=O)N2CCC(c3ccn4ncc(C(=O)N5CCCC5)c4c3)CC2)c1. The molecule has 166 valence electrons. The number of benzene rings is 1. The Labute approximate surface area is 187 Å². The number of hydrogen-bond acceptors (Lipinski definition) is 4. The van der Waals surface area contributed by atoms with Crippen molar-refractivity contribution in [1.29, 1.82) is 0 Å². The summed E-state index contributed by atoms with van der Waals surface area (Å²) in [5.41, 5.74) is 3.42. The molecule has 2 aliphatic rings. The molecule has 0 N–H and O–H groups in total. The number of rotatable bonds is 4. The number of pyridine rings is 1. The van der Waals surface area contributed by atoms with Crippen LogP contribution in [0, 0.1) is 0 Å². The predicted octanol–water partition coefficient (Wildman–Crippen LogP) is 3.60. The lowest BCUT2D eigenvalue weighted by Gasteiger charge is -2.32. The maximum absolute atomic E-state index is 12.9. The lowest BCUT2D eigenvalue weighted by molar-refractivity contribution is 0.0712. The zero-order valence-electron chi connectivity index (χ0n) is 18.4. The molecule has 0 unspecified atom stereocenters. The second-order valence-electron chi connectivity index (χ2n) is 8.65. The molecule has 3 aromatic rings. The third-order valence-corrected chi connectivity index (χ3v) is 6.74. The molecule has 0 bridgehead atoms. The number of nitrogens with zero attached hydrogens (tertiary/aromatic N) is 4. The Morgan fingerprint density at radius 2 is 1.72 bits per heavy atom. The van der Waals surface area contributed by atoms with Gasteiger partial charge in [0.05, 0.1) is 24.4 Å². The summed E-state index contributed by atoms with van der Waals surface area (Å²) in [5.74, 6) is 1.18. The average molecular weight is 433 g/mol. The fourth-order valence-corrected chi connectivity index (χ4v) is 4.86. The summed E-state index contributed by atoms with van der Waals surface area (Å²) in [7, 11) is 1.61. The summed E-state index contributed by atoms with van der Waals surface area (Å²) < 4.78 is 7.04. The molecule has 0 saturated carbocycles. The monoisotopic (exact) mass is 432 g/mol. The van der Waals surface area contributed by atoms with Crippen molar-refractivity contribution in [3.05, 3.63) is 65.5 Å². The number of likely N-dealkylation sites (tertiary alicyclic amines) is 2. The number of hydrogen-bond donors (Lipinski definition) is 0. The fraction of sp³-hybridized carbons (Fsp3) is 0.400. The Balaban J connectivity index is 1.30. The molecule has 1 aromatic carbocycles. The third-order valence-electron chi connectivity index (χ3n) is 6.74. The quantitative estimate of drug-likeness (QED) is 0.632. The fourth-order valence-electron chi connectivity index (χ4n) is 4.86. The zero-order chi connectivity index (χ0) is 22.1. The van der Waals surface area contributed by atoms with E-state index in [2.05, 4.69) is 17.2 Å². The van der Waals surface area contributed by atoms with Gasteiger partial charge in [-0.15, -0.1) is 0 Å². The van der Waals surface area contributed by atoms with E-state index in [1.54, 1.807) is 23.9 Å². The number of ether oxygens (including phenoxy) is 1. The first-order chi connectivity index (χ1) is 15.6. The normalized spacial score (nSPS) is 17.2. The molecule has 0 atom stereocenters. The first-order valence-electron chi connectivity index (χ1n) is 11.3. The summed E-state index contributed by atoms with van der Waals surface area (Å²) in [6.07, 6.45) is 7.58. The van der Waals surface area contributed by atoms with Crippen molar-refractivity contribution in [2.24, 2.45) is 0 Å². The van der Waals surface area contributed by atoms with Gasteiger partial charge in [0.15, 0.2) is 0 Å². The minimum Gasteiger partial charge on any atom is -0.497 e. The van der Waals surface area contributed by atoms with Crippen LogP contribution in [0.15, 0.2) is 48.8 Å². The maximum Gasteiger partial charge on any atom is 0.257 e. The molecule has 0 radical (unpaired) electrons. The average Bonchev–Trinajstić information content (AvgIpc) is 3.53. The van der Waals surface area contributed by atoms with Crippen LogP contribution in [-0.4, -0.2) is 64.5 Å². The van der Waals surface area contributed by atoms with Gasteiger partial charge >= 0.3 is 0 Å². The second-order valence-corrected chi connectivity index (χ2v) is 8.65. The predicted molar refractivity (Wildman–Crippen MR) is 121 cm³/mol. The molecule has 7 nitrogen and oxygen atoms in total. The van der Waals surface area contributed by atoms with Gasteiger partial charge in [-0.1, -0.05) is 6.07 Å². The first-order valence-corrected chi connectivity index (χ1v) is 11.3. The molecule has 0 spiro atoms. The number of fused-ring (bicyclic) bond motifs is 1. The van der Waals surface area contributed by atoms with Crippen LogP contribution in [0.25, 0.3) is 5.52 Å². The molecule has 2 amide bonds. The minimum atomic E-state index is 0.0482. The molecule has 2 aliphatic heterocycles. The van der Waals surface area contributed by atoms with Crippen LogP contribution < -0.4 is 4.74 Å². The van der Waals surface area contributed by atoms with Gasteiger partial charge in [0.2, 0.25) is 0 Å². The summed E-state index contributed by atoms with van der Waals surface area (Å²) in [6.45, 7) is 3.08. The van der Waals surface area contributed by atoms with E-state index in [1.807, 2.05) is 34.2 Å². The highest BCUT2D eigenvalue weighted by molar-refractivity contribution is 6.00. The highest BCUT2D eigenvalue weighted by Gasteiger charge is 2.26. The standard InChI is InChI=1S/C25H28N4O3/c1-32-21-6-4-5-20(15-21)24(30)28-12-7-18(8-13-28)19-9-14-29-23(16-19)22(17-26-29)25(31)27-10-2-3-11-27/h4-6,9,14-18H,2-3,7-8,10-13H2,1H3. The molecule has 0 aliphatic carbocycles. The molecule has 2 fully saturated rings. The summed E-state index contributed by atoms with van der Waals surface area (Å²) >= 11 is 0. The Kier molecular flexibility index (Phi) is 5.55. The smallest absolute Gasteiger partial charge is 0.257 e. The molecule has 5 rings (SSSR count). The van der Waals surface area contributed by atoms with Crippen molar-refractivity contribution in [3.63, 3.8) is 0 Å². The Morgan fingerprint density at radius 3 is 2.47 bits per heavy atom. The van der Waals surface area contributed by atoms with E-state index in [1.165, 1.54) is 5.56 Å². The topological polar surface area (TPSA) is 67.2 Å². The van der Waals surface area contributed by atoms with Crippen molar-refractivity contribution in [2.45, 2.75) is 31.6 Å². The van der Waals surface area contributed by atoms with Crippen LogP contribution in [-0.2, 0) is 0 Å². The van der Waals surface area contributed by atoms with Gasteiger partial charge in [0.25, 0.3) is 11.8 Å². The molecule has 32 heavy (non-hydrogen) atoms. The highest BCUT2D eigenvalue weighted by atomic mass is 16.5. The number of piperidine rings is 1. The minimum absolute atomic E-state index is 0.0482. The lowest BCUT2D eigenvalue weighted by atomic mass is 9.89. The number of carbonyl (C=O) groups is 2. The van der Waals surface area contributed by atoms with Gasteiger partial charge < -0.3 is 14.5 Å². The van der Waals surface area contributed by atoms with Crippen LogP contribution in [0.4, 0.5) is 0 Å². The van der Waals surface area contributed by atoms with Crippen molar-refractivity contribution >= 4 is 17.3 Å². The van der Waals surface area contributed by atoms with Crippen molar-refractivity contribution < 1.29 is 14.3 Å². The van der Waals surface area contributed by atoms with E-state index < -0.39 is 0 Å². The van der Waals surface area contributed by atoms with Gasteiger partial charge in [-0.05, 0) is 67.5 Å². The summed E-state index contributed by atoms with van der Waals surface area (Å²) in [5, 5.41) is 4.39. The van der Waals surface area contributed by atoms with Gasteiger partial charge in [-0.25, -0.2) is 4.52 Å². The first kappa shape index (κ1) is 20.5. The van der Waals surface area contributed by atoms with Crippen LogP contribution in [0.3, 0.4) is 0 Å². The number of amides is 2. The molecule has 2 aromatic heterocycles. The Morgan fingerprint density at radius 1 is 0.969 bits per heavy atom. The largest absolute Gasteiger partial charge is 0.497 e. The van der Waals surface area contributed by atoms with E-state index in [0.29, 0.717) is 35.9 Å². The molecular weight excluding hydrogens is 404 g/mol. The van der Waals surface area contributed by atoms with Crippen molar-refractivity contribution in [2.75, 3.05) is 33.3 Å². The molecule has 4 heterocycles. The molecule has 2 saturated heterocycles. The zero-order valence-corrected chi connectivity index (χ0v) is 18.4. The van der Waals surface area contributed by atoms with Crippen molar-refractivity contribution in [1.82, 2.24) is 19.4 Å². The summed E-state index contributed by atoms with van der Waals surface area (Å²) in [4.78, 5) is 29.7. The number of aromatic nitrogens is 2. The molecule has 7 heteroatoms. The highest BCUT2D eigenvalue weighted by Crippen LogP contribution is 2.30. The third kappa shape index (κ3) is 3.83. The maximum atomic E-state index is 12.9. The second kappa shape index (κ2) is 8.65. The number of methoxy groups -OCH3 is 1. The van der Waals surface area contributed by atoms with Crippen LogP contribution in [0.5, 0.6) is 5.75 Å². The van der Waals surface area contributed by atoms with Gasteiger partial charge in [0.1, 0.15) is 5.75 Å². The van der Waals surface area contributed by atoms with Crippen LogP contribution >= 0.6 is 0 Å². The van der Waals surface area contributed by atoms with Gasteiger partial charge in [-0.3, -0.25) is 9.59 Å². The number of carbonyl (C=O) groups excluding carboxylic acids is 2. The Hall–Kier alpha value is -3.35. The van der Waals surface area contributed by atoms with E-state index in [0.717, 1.165) is 44.3 Å². The van der Waals surface area contributed by atoms with E-state index in [-0.39, 0.29) is 11.8 Å². The van der Waals surface area contributed by atoms with Gasteiger partial charge in [-0.2, -0.15) is 5.10 Å².